The van der Waals surface area contributed by atoms with Gasteiger partial charge in [-0.2, -0.15) is 0 Å². The van der Waals surface area contributed by atoms with Gasteiger partial charge in [-0.05, 0) is 35.7 Å². The van der Waals surface area contributed by atoms with Crippen molar-refractivity contribution in [1.82, 2.24) is 9.88 Å². The summed E-state index contributed by atoms with van der Waals surface area (Å²) in [7, 11) is 0. The number of amides is 1. The number of fused-ring (bicyclic) bond motifs is 1. The van der Waals surface area contributed by atoms with Gasteiger partial charge in [-0.3, -0.25) is 4.90 Å². The van der Waals surface area contributed by atoms with Crippen molar-refractivity contribution in [2.75, 3.05) is 13.2 Å². The second kappa shape index (κ2) is 9.36. The molecule has 2 aromatic carbocycles. The van der Waals surface area contributed by atoms with Crippen molar-refractivity contribution in [3.8, 4) is 5.75 Å². The van der Waals surface area contributed by atoms with Crippen molar-refractivity contribution in [3.05, 3.63) is 80.8 Å². The number of benzene rings is 2. The molecule has 1 N–H and O–H groups in total. The zero-order valence-corrected chi connectivity index (χ0v) is 17.9. The maximum absolute atomic E-state index is 13.1. The first-order valence-corrected chi connectivity index (χ1v) is 10.8. The Hall–Kier alpha value is -3.10. The highest BCUT2D eigenvalue weighted by molar-refractivity contribution is 7.09. The van der Waals surface area contributed by atoms with Crippen molar-refractivity contribution >= 4 is 35.0 Å². The van der Waals surface area contributed by atoms with Gasteiger partial charge in [-0.15, -0.1) is 11.3 Å². The van der Waals surface area contributed by atoms with E-state index in [1.54, 1.807) is 29.3 Å². The predicted octanol–water partition coefficient (Wildman–Crippen LogP) is 4.54. The topological polar surface area (TPSA) is 89.0 Å². The SMILES string of the molecule is O=C(O)COc1ccc(Cl)cc1C1c2ccccc2CCN1C(=O)OCc1nccs1. The first-order chi connectivity index (χ1) is 15.0. The number of halogens is 1. The number of carboxylic acids is 1. The lowest BCUT2D eigenvalue weighted by Gasteiger charge is -2.37. The molecule has 7 nitrogen and oxygen atoms in total. The van der Waals surface area contributed by atoms with E-state index >= 15 is 0 Å². The third-order valence-electron chi connectivity index (χ3n) is 4.94. The average molecular weight is 459 g/mol. The van der Waals surface area contributed by atoms with E-state index in [-0.39, 0.29) is 6.61 Å². The highest BCUT2D eigenvalue weighted by Crippen LogP contribution is 2.40. The molecule has 0 fully saturated rings. The lowest BCUT2D eigenvalue weighted by Crippen LogP contribution is -2.41. The van der Waals surface area contributed by atoms with Crippen LogP contribution in [0.25, 0.3) is 0 Å². The highest BCUT2D eigenvalue weighted by Gasteiger charge is 2.35. The molecule has 9 heteroatoms. The number of hydrogen-bond donors (Lipinski definition) is 1. The first kappa shape index (κ1) is 21.1. The molecule has 0 saturated carbocycles. The van der Waals surface area contributed by atoms with E-state index in [2.05, 4.69) is 4.98 Å². The summed E-state index contributed by atoms with van der Waals surface area (Å²) in [6.45, 7) is 0.0139. The van der Waals surface area contributed by atoms with E-state index < -0.39 is 24.7 Å². The number of aromatic nitrogens is 1. The first-order valence-electron chi connectivity index (χ1n) is 9.56. The monoisotopic (exact) mass is 458 g/mol. The van der Waals surface area contributed by atoms with Gasteiger partial charge in [0.1, 0.15) is 17.4 Å². The second-order valence-electron chi connectivity index (χ2n) is 6.89. The highest BCUT2D eigenvalue weighted by atomic mass is 35.5. The zero-order chi connectivity index (χ0) is 21.8. The average Bonchev–Trinajstić information content (AvgIpc) is 3.29. The molecule has 1 amide bonds. The Kier molecular flexibility index (Phi) is 6.39. The molecule has 1 aliphatic rings. The van der Waals surface area contributed by atoms with E-state index in [9.17, 15) is 9.59 Å². The van der Waals surface area contributed by atoms with Crippen molar-refractivity contribution < 1.29 is 24.2 Å². The molecule has 1 unspecified atom stereocenters. The normalized spacial score (nSPS) is 15.3. The molecule has 31 heavy (non-hydrogen) atoms. The Bertz CT molecular complexity index is 1090. The molecule has 0 saturated heterocycles. The summed E-state index contributed by atoms with van der Waals surface area (Å²) in [5, 5.41) is 12.0. The van der Waals surface area contributed by atoms with Gasteiger partial charge < -0.3 is 14.6 Å². The van der Waals surface area contributed by atoms with Crippen LogP contribution in [0, 0.1) is 0 Å². The fraction of sp³-hybridized carbons (Fsp3) is 0.227. The molecular weight excluding hydrogens is 440 g/mol. The van der Waals surface area contributed by atoms with Crippen molar-refractivity contribution in [1.29, 1.82) is 0 Å². The van der Waals surface area contributed by atoms with E-state index in [1.165, 1.54) is 11.3 Å². The van der Waals surface area contributed by atoms with Gasteiger partial charge in [0.25, 0.3) is 0 Å². The number of nitrogens with zero attached hydrogens (tertiary/aromatic N) is 2. The van der Waals surface area contributed by atoms with Crippen LogP contribution in [0.5, 0.6) is 5.75 Å². The van der Waals surface area contributed by atoms with E-state index in [1.807, 2.05) is 29.6 Å². The minimum Gasteiger partial charge on any atom is -0.482 e. The van der Waals surface area contributed by atoms with E-state index in [4.69, 9.17) is 26.2 Å². The number of thiazole rings is 1. The van der Waals surface area contributed by atoms with Crippen LogP contribution in [0.4, 0.5) is 4.79 Å². The molecule has 1 aromatic heterocycles. The van der Waals surface area contributed by atoms with Crippen LogP contribution < -0.4 is 4.74 Å². The van der Waals surface area contributed by atoms with Crippen LogP contribution in [0.2, 0.25) is 5.02 Å². The molecule has 1 atom stereocenters. The van der Waals surface area contributed by atoms with Crippen LogP contribution in [-0.2, 0) is 22.6 Å². The van der Waals surface area contributed by atoms with Crippen LogP contribution in [0.15, 0.2) is 54.0 Å². The molecule has 0 radical (unpaired) electrons. The van der Waals surface area contributed by atoms with E-state index in [0.717, 1.165) is 11.1 Å². The third kappa shape index (κ3) is 4.81. The maximum Gasteiger partial charge on any atom is 0.410 e. The summed E-state index contributed by atoms with van der Waals surface area (Å²) in [5.74, 6) is -0.740. The number of carbonyl (C=O) groups excluding carboxylic acids is 1. The second-order valence-corrected chi connectivity index (χ2v) is 8.31. The summed E-state index contributed by atoms with van der Waals surface area (Å²) < 4.78 is 11.1. The molecule has 1 aliphatic heterocycles. The van der Waals surface area contributed by atoms with Crippen molar-refractivity contribution in [2.45, 2.75) is 19.1 Å². The van der Waals surface area contributed by atoms with Crippen LogP contribution in [0.3, 0.4) is 0 Å². The number of aliphatic carboxylic acids is 1. The smallest absolute Gasteiger partial charge is 0.410 e. The zero-order valence-electron chi connectivity index (χ0n) is 16.4. The number of carbonyl (C=O) groups is 2. The minimum atomic E-state index is -1.09. The number of hydrogen-bond acceptors (Lipinski definition) is 6. The third-order valence-corrected chi connectivity index (χ3v) is 5.93. The van der Waals surface area contributed by atoms with Crippen LogP contribution in [0.1, 0.15) is 27.7 Å². The Balaban J connectivity index is 1.71. The molecule has 3 aromatic rings. The molecule has 0 aliphatic carbocycles. The van der Waals surface area contributed by atoms with E-state index in [0.29, 0.717) is 34.3 Å². The summed E-state index contributed by atoms with van der Waals surface area (Å²) in [4.78, 5) is 29.9. The number of ether oxygens (including phenoxy) is 2. The molecular formula is C22H19ClN2O5S. The summed E-state index contributed by atoms with van der Waals surface area (Å²) in [6.07, 6.45) is 1.84. The number of rotatable bonds is 6. The Labute approximate surface area is 187 Å². The van der Waals surface area contributed by atoms with Crippen LogP contribution >= 0.6 is 22.9 Å². The lowest BCUT2D eigenvalue weighted by molar-refractivity contribution is -0.139. The lowest BCUT2D eigenvalue weighted by atomic mass is 9.88. The van der Waals surface area contributed by atoms with Crippen molar-refractivity contribution in [2.24, 2.45) is 0 Å². The largest absolute Gasteiger partial charge is 0.482 e. The Morgan fingerprint density at radius 1 is 1.23 bits per heavy atom. The van der Waals surface area contributed by atoms with Gasteiger partial charge in [0, 0.05) is 28.7 Å². The summed E-state index contributed by atoms with van der Waals surface area (Å²) >= 11 is 7.68. The summed E-state index contributed by atoms with van der Waals surface area (Å²) in [6, 6.07) is 12.2. The van der Waals surface area contributed by atoms with Gasteiger partial charge in [0.05, 0.1) is 6.04 Å². The summed E-state index contributed by atoms with van der Waals surface area (Å²) in [5.41, 5.74) is 2.62. The van der Waals surface area contributed by atoms with Crippen molar-refractivity contribution in [3.63, 3.8) is 0 Å². The van der Waals surface area contributed by atoms with Crippen LogP contribution in [-0.4, -0.2) is 40.2 Å². The van der Waals surface area contributed by atoms with Gasteiger partial charge in [0.15, 0.2) is 6.61 Å². The molecule has 0 spiro atoms. The molecule has 0 bridgehead atoms. The maximum atomic E-state index is 13.1. The van der Waals surface area contributed by atoms with Gasteiger partial charge in [0.2, 0.25) is 0 Å². The fourth-order valence-corrected chi connectivity index (χ4v) is 4.34. The quantitative estimate of drug-likeness (QED) is 0.583. The standard InChI is InChI=1S/C22H19ClN2O5S/c23-15-5-6-18(29-13-20(26)27)17(11-15)21-16-4-2-1-3-14(16)7-9-25(21)22(28)30-12-19-24-8-10-31-19/h1-6,8,10-11,21H,7,9,12-13H2,(H,26,27). The number of carboxylic acid groups (broad SMARTS) is 1. The Morgan fingerprint density at radius 3 is 2.84 bits per heavy atom. The van der Waals surface area contributed by atoms with Gasteiger partial charge >= 0.3 is 12.1 Å². The predicted molar refractivity (Wildman–Crippen MR) is 116 cm³/mol. The fourth-order valence-electron chi connectivity index (χ4n) is 3.63. The molecule has 4 rings (SSSR count). The molecule has 160 valence electrons. The molecule has 2 heterocycles. The minimum absolute atomic E-state index is 0.0826. The van der Waals surface area contributed by atoms with Gasteiger partial charge in [-0.25, -0.2) is 14.6 Å². The Morgan fingerprint density at radius 2 is 2.06 bits per heavy atom. The van der Waals surface area contributed by atoms with Gasteiger partial charge in [-0.1, -0.05) is 35.9 Å².